The Kier molecular flexibility index (Phi) is 14.8. The highest BCUT2D eigenvalue weighted by molar-refractivity contribution is 6.34. The van der Waals surface area contributed by atoms with Crippen LogP contribution in [0.5, 0.6) is 5.75 Å². The third-order valence-electron chi connectivity index (χ3n) is 13.4. The zero-order valence-electron chi connectivity index (χ0n) is 39.9. The number of ether oxygens (including phenoxy) is 2. The standard InChI is InChI=1S/C51H64ClN7O8/c1-10-43(61)57-19-16-32(27-57)48(63)56(8)45(29(3)4)47(62)54-41-22-31-20-33(23-34(60)21-31)36-24-37-38(26-51(6,7)28-67-50(65)40-15-13-18-59(55-40)49(41)64)46(58(11-2)42(37)25-39(36)52)35-14-12-17-53-44(35)30(5)66-9/h10,12,14,17,20-21,23-25,29-30,32,40-41,45,55,60H,1,11,13,15-16,18-19,22,26-28H2,2-9H3,(H,54,62)/t30-,32-,40-,41-,45-/m0/s1. The zero-order valence-corrected chi connectivity index (χ0v) is 40.6. The summed E-state index contributed by atoms with van der Waals surface area (Å²) in [7, 11) is 3.23. The van der Waals surface area contributed by atoms with Crippen molar-refractivity contribution >= 4 is 52.1 Å². The highest BCUT2D eigenvalue weighted by atomic mass is 35.5. The molecule has 358 valence electrons. The number of benzene rings is 2. The minimum Gasteiger partial charge on any atom is -0.508 e. The summed E-state index contributed by atoms with van der Waals surface area (Å²) in [5.41, 5.74) is 8.82. The van der Waals surface area contributed by atoms with Crippen molar-refractivity contribution in [1.82, 2.24) is 35.1 Å². The number of aromatic hydroxyl groups is 1. The number of phenols is 1. The molecule has 3 aliphatic rings. The van der Waals surface area contributed by atoms with Gasteiger partial charge in [0.2, 0.25) is 17.7 Å². The Balaban J connectivity index is 1.33. The fourth-order valence-electron chi connectivity index (χ4n) is 10.0. The first-order valence-corrected chi connectivity index (χ1v) is 23.6. The average molecular weight is 939 g/mol. The third-order valence-corrected chi connectivity index (χ3v) is 13.7. The number of carbonyl (C=O) groups is 5. The normalized spacial score (nSPS) is 20.8. The first-order valence-electron chi connectivity index (χ1n) is 23.2. The Morgan fingerprint density at radius 1 is 1.12 bits per heavy atom. The molecule has 5 atom stereocenters. The molecule has 0 aliphatic carbocycles. The van der Waals surface area contributed by atoms with Gasteiger partial charge < -0.3 is 34.3 Å². The minimum absolute atomic E-state index is 0.0554. The lowest BCUT2D eigenvalue weighted by molar-refractivity contribution is -0.155. The van der Waals surface area contributed by atoms with E-state index in [2.05, 4.69) is 42.7 Å². The van der Waals surface area contributed by atoms with E-state index >= 15 is 0 Å². The maximum atomic E-state index is 14.7. The fraction of sp³-hybridized carbons (Fsp3) is 0.490. The molecule has 2 aromatic heterocycles. The summed E-state index contributed by atoms with van der Waals surface area (Å²) in [6.07, 6.45) is 4.47. The quantitative estimate of drug-likeness (QED) is 0.116. The smallest absolute Gasteiger partial charge is 0.324 e. The second-order valence-corrected chi connectivity index (χ2v) is 19.7. The molecular weight excluding hydrogens is 874 g/mol. The number of hydrazine groups is 1. The van der Waals surface area contributed by atoms with Crippen molar-refractivity contribution in [1.29, 1.82) is 0 Å². The summed E-state index contributed by atoms with van der Waals surface area (Å²) >= 11 is 7.24. The van der Waals surface area contributed by atoms with Crippen LogP contribution < -0.4 is 10.7 Å². The van der Waals surface area contributed by atoms with Crippen molar-refractivity contribution in [2.24, 2.45) is 17.3 Å². The number of fused-ring (bicyclic) bond motifs is 6. The molecule has 7 rings (SSSR count). The predicted molar refractivity (Wildman–Crippen MR) is 257 cm³/mol. The Hall–Kier alpha value is -5.77. The van der Waals surface area contributed by atoms with Gasteiger partial charge in [0.25, 0.3) is 5.91 Å². The number of phenolic OH excluding ortho intramolecular Hbond substituents is 1. The molecule has 0 spiro atoms. The Morgan fingerprint density at radius 2 is 1.88 bits per heavy atom. The number of likely N-dealkylation sites (N-methyl/N-ethyl adjacent to an activating group) is 1. The molecule has 3 aliphatic heterocycles. The predicted octanol–water partition coefficient (Wildman–Crippen LogP) is 6.62. The molecule has 5 heterocycles. The Morgan fingerprint density at radius 3 is 2.58 bits per heavy atom. The van der Waals surface area contributed by atoms with Crippen LogP contribution in [0.3, 0.4) is 0 Å². The lowest BCUT2D eigenvalue weighted by Crippen LogP contribution is -2.62. The summed E-state index contributed by atoms with van der Waals surface area (Å²) in [5.74, 6) is -3.03. The number of cyclic esters (lactones) is 1. The van der Waals surface area contributed by atoms with Crippen LogP contribution in [0, 0.1) is 17.3 Å². The van der Waals surface area contributed by atoms with E-state index in [-0.39, 0.29) is 55.7 Å². The highest BCUT2D eigenvalue weighted by Crippen LogP contribution is 2.44. The molecule has 0 radical (unpaired) electrons. The number of halogens is 1. The number of aryl methyl sites for hydroxylation is 1. The molecule has 67 heavy (non-hydrogen) atoms. The van der Waals surface area contributed by atoms with Crippen molar-refractivity contribution < 1.29 is 38.6 Å². The van der Waals surface area contributed by atoms with Crippen LogP contribution in [0.2, 0.25) is 5.02 Å². The third kappa shape index (κ3) is 10.2. The van der Waals surface area contributed by atoms with Gasteiger partial charge in [-0.25, -0.2) is 5.43 Å². The first kappa shape index (κ1) is 49.1. The molecule has 3 N–H and O–H groups in total. The van der Waals surface area contributed by atoms with Gasteiger partial charge in [-0.15, -0.1) is 0 Å². The molecule has 15 nitrogen and oxygen atoms in total. The Labute approximate surface area is 397 Å². The molecule has 4 amide bonds. The summed E-state index contributed by atoms with van der Waals surface area (Å²) in [4.78, 5) is 77.2. The molecular formula is C51H64ClN7O8. The van der Waals surface area contributed by atoms with Gasteiger partial charge in [-0.2, -0.15) is 0 Å². The highest BCUT2D eigenvalue weighted by Gasteiger charge is 2.40. The van der Waals surface area contributed by atoms with Crippen LogP contribution >= 0.6 is 11.6 Å². The number of likely N-dealkylation sites (tertiary alicyclic amines) is 1. The second kappa shape index (κ2) is 20.2. The number of hydrogen-bond acceptors (Lipinski definition) is 10. The zero-order chi connectivity index (χ0) is 48.5. The molecule has 2 saturated heterocycles. The number of pyridine rings is 1. The SMILES string of the molecule is C=CC(=O)N1CC[C@H](C(=O)N(C)[C@H](C(=O)N[C@H]2Cc3cc(O)cc(c3)-c3cc4c(c(-c5cccnc5[C@H](C)OC)n(CC)c4cc3Cl)CC(C)(C)COC(=O)[C@@H]3CCCN(N3)C2=O)C(C)C)C1. The first-order chi connectivity index (χ1) is 31.9. The van der Waals surface area contributed by atoms with E-state index in [0.29, 0.717) is 60.5 Å². The topological polar surface area (TPSA) is 176 Å². The number of methoxy groups -OCH3 is 1. The van der Waals surface area contributed by atoms with E-state index in [1.807, 2.05) is 51.1 Å². The lowest BCUT2D eigenvalue weighted by Gasteiger charge is -2.37. The number of hydrogen-bond donors (Lipinski definition) is 3. The summed E-state index contributed by atoms with van der Waals surface area (Å²) in [6.45, 7) is 16.9. The number of esters is 1. The molecule has 4 aromatic rings. The van der Waals surface area contributed by atoms with Crippen molar-refractivity contribution in [3.8, 4) is 28.1 Å². The van der Waals surface area contributed by atoms with Gasteiger partial charge in [0.15, 0.2) is 0 Å². The van der Waals surface area contributed by atoms with Crippen molar-refractivity contribution in [3.05, 3.63) is 83.2 Å². The maximum Gasteiger partial charge on any atom is 0.324 e. The van der Waals surface area contributed by atoms with Crippen LogP contribution in [0.4, 0.5) is 0 Å². The molecule has 16 heteroatoms. The molecule has 6 bridgehead atoms. The molecule has 0 saturated carbocycles. The van der Waals surface area contributed by atoms with Crippen LogP contribution in [0.15, 0.2) is 61.3 Å². The van der Waals surface area contributed by atoms with Gasteiger partial charge in [-0.05, 0) is 105 Å². The van der Waals surface area contributed by atoms with Gasteiger partial charge in [-0.3, -0.25) is 34.0 Å². The number of carbonyl (C=O) groups excluding carboxylic acids is 5. The van der Waals surface area contributed by atoms with Gasteiger partial charge in [0, 0.05) is 74.9 Å². The Bertz CT molecular complexity index is 2570. The van der Waals surface area contributed by atoms with Crippen LogP contribution in [-0.4, -0.2) is 118 Å². The maximum absolute atomic E-state index is 14.7. The van der Waals surface area contributed by atoms with Gasteiger partial charge in [-0.1, -0.05) is 51.9 Å². The molecule has 0 unspecified atom stereocenters. The second-order valence-electron chi connectivity index (χ2n) is 19.3. The van der Waals surface area contributed by atoms with Gasteiger partial charge in [0.05, 0.1) is 40.6 Å². The number of nitrogens with one attached hydrogen (secondary N) is 2. The van der Waals surface area contributed by atoms with E-state index in [9.17, 15) is 29.1 Å². The number of rotatable bonds is 10. The summed E-state index contributed by atoms with van der Waals surface area (Å²) < 4.78 is 14.1. The van der Waals surface area contributed by atoms with E-state index < -0.39 is 47.2 Å². The summed E-state index contributed by atoms with van der Waals surface area (Å²) in [6, 6.07) is 9.95. The van der Waals surface area contributed by atoms with Gasteiger partial charge >= 0.3 is 5.97 Å². The van der Waals surface area contributed by atoms with E-state index in [1.165, 1.54) is 16.0 Å². The summed E-state index contributed by atoms with van der Waals surface area (Å²) in [5, 5.41) is 17.1. The minimum atomic E-state index is -1.20. The number of nitrogens with zero attached hydrogens (tertiary/aromatic N) is 5. The van der Waals surface area contributed by atoms with Crippen LogP contribution in [0.25, 0.3) is 33.3 Å². The van der Waals surface area contributed by atoms with Crippen molar-refractivity contribution in [2.45, 2.75) is 104 Å². The van der Waals surface area contributed by atoms with E-state index in [4.69, 9.17) is 26.1 Å². The average Bonchev–Trinajstić information content (AvgIpc) is 3.91. The fourth-order valence-corrected chi connectivity index (χ4v) is 10.3. The number of amides is 4. The van der Waals surface area contributed by atoms with Crippen LogP contribution in [-0.2, 0) is 52.8 Å². The lowest BCUT2D eigenvalue weighted by atomic mass is 9.84. The van der Waals surface area contributed by atoms with Crippen molar-refractivity contribution in [3.63, 3.8) is 0 Å². The van der Waals surface area contributed by atoms with E-state index in [0.717, 1.165) is 33.4 Å². The molecule has 2 fully saturated rings. The van der Waals surface area contributed by atoms with E-state index in [1.54, 1.807) is 37.4 Å². The largest absolute Gasteiger partial charge is 0.508 e. The molecule has 2 aromatic carbocycles. The number of aromatic nitrogens is 2. The monoisotopic (exact) mass is 937 g/mol. The van der Waals surface area contributed by atoms with Crippen LogP contribution in [0.1, 0.15) is 83.7 Å². The van der Waals surface area contributed by atoms with Crippen molar-refractivity contribution in [2.75, 3.05) is 40.4 Å². The van der Waals surface area contributed by atoms with Gasteiger partial charge in [0.1, 0.15) is 23.9 Å².